The summed E-state index contributed by atoms with van der Waals surface area (Å²) in [5.41, 5.74) is 0.891. The lowest BCUT2D eigenvalue weighted by atomic mass is 9.90. The van der Waals surface area contributed by atoms with Gasteiger partial charge in [-0.2, -0.15) is 0 Å². The Labute approximate surface area is 96.0 Å². The highest BCUT2D eigenvalue weighted by Crippen LogP contribution is 2.29. The van der Waals surface area contributed by atoms with Crippen molar-refractivity contribution in [3.8, 4) is 0 Å². The van der Waals surface area contributed by atoms with E-state index in [0.717, 1.165) is 31.5 Å². The fraction of sp³-hybridized carbons (Fsp3) is 0.455. The van der Waals surface area contributed by atoms with Gasteiger partial charge in [0, 0.05) is 0 Å². The van der Waals surface area contributed by atoms with Crippen molar-refractivity contribution in [2.75, 3.05) is 13.1 Å². The van der Waals surface area contributed by atoms with E-state index in [1.807, 2.05) is 0 Å². The van der Waals surface area contributed by atoms with Gasteiger partial charge in [0.15, 0.2) is 11.6 Å². The molecule has 0 aromatic heterocycles. The third kappa shape index (κ3) is 2.37. The largest absolute Gasteiger partial charge is 0.317 e. The van der Waals surface area contributed by atoms with Crippen molar-refractivity contribution < 1.29 is 8.78 Å². The lowest BCUT2D eigenvalue weighted by molar-refractivity contribution is 0.453. The fourth-order valence-electron chi connectivity index (χ4n) is 1.97. The van der Waals surface area contributed by atoms with Gasteiger partial charge in [0.25, 0.3) is 0 Å². The van der Waals surface area contributed by atoms with E-state index in [9.17, 15) is 8.78 Å². The molecule has 1 nitrogen and oxygen atoms in total. The summed E-state index contributed by atoms with van der Waals surface area (Å²) >= 11 is 3.03. The number of benzene rings is 1. The fourth-order valence-corrected chi connectivity index (χ4v) is 2.42. The molecule has 0 bridgehead atoms. The zero-order chi connectivity index (χ0) is 10.8. The summed E-state index contributed by atoms with van der Waals surface area (Å²) in [6.45, 7) is 1.89. The molecule has 0 aliphatic carbocycles. The molecule has 1 aromatic rings. The lowest BCUT2D eigenvalue weighted by Crippen LogP contribution is -2.26. The molecule has 1 aliphatic heterocycles. The highest BCUT2D eigenvalue weighted by Gasteiger charge is 2.18. The van der Waals surface area contributed by atoms with Crippen molar-refractivity contribution in [2.45, 2.75) is 18.8 Å². The minimum Gasteiger partial charge on any atom is -0.317 e. The summed E-state index contributed by atoms with van der Waals surface area (Å²) in [6, 6.07) is 3.00. The first-order valence-electron chi connectivity index (χ1n) is 5.03. The maximum Gasteiger partial charge on any atom is 0.172 e. The lowest BCUT2D eigenvalue weighted by Gasteiger charge is -2.23. The second-order valence-corrected chi connectivity index (χ2v) is 4.68. The van der Waals surface area contributed by atoms with Gasteiger partial charge in [-0.1, -0.05) is 0 Å². The van der Waals surface area contributed by atoms with Gasteiger partial charge in [-0.15, -0.1) is 0 Å². The predicted octanol–water partition coefficient (Wildman–Crippen LogP) is 3.19. The Morgan fingerprint density at radius 2 is 1.87 bits per heavy atom. The Kier molecular flexibility index (Phi) is 3.36. The van der Waals surface area contributed by atoms with Gasteiger partial charge in [0.2, 0.25) is 0 Å². The normalized spacial score (nSPS) is 18.1. The average Bonchev–Trinajstić information content (AvgIpc) is 2.26. The van der Waals surface area contributed by atoms with Gasteiger partial charge in [-0.05, 0) is 65.5 Å². The standard InChI is InChI=1S/C11H12BrF2N/c12-9-5-8(6-10(13)11(9)14)7-1-3-15-4-2-7/h5-7,15H,1-4H2. The quantitative estimate of drug-likeness (QED) is 0.777. The Morgan fingerprint density at radius 1 is 1.20 bits per heavy atom. The number of hydrogen-bond donors (Lipinski definition) is 1. The SMILES string of the molecule is Fc1cc(C2CCNCC2)cc(Br)c1F. The summed E-state index contributed by atoms with van der Waals surface area (Å²) in [4.78, 5) is 0. The molecule has 1 saturated heterocycles. The van der Waals surface area contributed by atoms with Crippen LogP contribution in [0.3, 0.4) is 0 Å². The number of hydrogen-bond acceptors (Lipinski definition) is 1. The molecule has 0 spiro atoms. The first kappa shape index (κ1) is 11.0. The Balaban J connectivity index is 2.27. The number of rotatable bonds is 1. The van der Waals surface area contributed by atoms with Crippen LogP contribution in [0.2, 0.25) is 0 Å². The molecule has 1 fully saturated rings. The van der Waals surface area contributed by atoms with Crippen LogP contribution >= 0.6 is 15.9 Å². The van der Waals surface area contributed by atoms with E-state index in [2.05, 4.69) is 21.2 Å². The molecule has 0 saturated carbocycles. The second-order valence-electron chi connectivity index (χ2n) is 3.82. The van der Waals surface area contributed by atoms with Crippen LogP contribution < -0.4 is 5.32 Å². The van der Waals surface area contributed by atoms with E-state index in [4.69, 9.17) is 0 Å². The van der Waals surface area contributed by atoms with E-state index >= 15 is 0 Å². The molecule has 1 aromatic carbocycles. The number of nitrogens with one attached hydrogen (secondary N) is 1. The molecule has 15 heavy (non-hydrogen) atoms. The molecule has 82 valence electrons. The van der Waals surface area contributed by atoms with Crippen molar-refractivity contribution in [3.05, 3.63) is 33.8 Å². The van der Waals surface area contributed by atoms with Gasteiger partial charge in [-0.25, -0.2) is 8.78 Å². The smallest absolute Gasteiger partial charge is 0.172 e. The highest BCUT2D eigenvalue weighted by molar-refractivity contribution is 9.10. The van der Waals surface area contributed by atoms with Crippen molar-refractivity contribution in [3.63, 3.8) is 0 Å². The Morgan fingerprint density at radius 3 is 2.47 bits per heavy atom. The zero-order valence-electron chi connectivity index (χ0n) is 8.19. The van der Waals surface area contributed by atoms with Gasteiger partial charge < -0.3 is 5.32 Å². The summed E-state index contributed by atoms with van der Waals surface area (Å²) < 4.78 is 26.4. The number of halogens is 3. The van der Waals surface area contributed by atoms with Crippen molar-refractivity contribution in [1.29, 1.82) is 0 Å². The van der Waals surface area contributed by atoms with E-state index in [1.54, 1.807) is 6.07 Å². The molecule has 2 rings (SSSR count). The first-order chi connectivity index (χ1) is 7.18. The summed E-state index contributed by atoms with van der Waals surface area (Å²) in [5, 5.41) is 3.25. The third-order valence-electron chi connectivity index (χ3n) is 2.82. The summed E-state index contributed by atoms with van der Waals surface area (Å²) in [7, 11) is 0. The predicted molar refractivity (Wildman–Crippen MR) is 58.9 cm³/mol. The Bertz CT molecular complexity index is 339. The molecular weight excluding hydrogens is 264 g/mol. The Hall–Kier alpha value is -0.480. The van der Waals surface area contributed by atoms with Crippen molar-refractivity contribution >= 4 is 15.9 Å². The molecule has 1 aliphatic rings. The topological polar surface area (TPSA) is 12.0 Å². The summed E-state index contributed by atoms with van der Waals surface area (Å²) in [5.74, 6) is -1.22. The van der Waals surface area contributed by atoms with Crippen LogP contribution in [-0.2, 0) is 0 Å². The second kappa shape index (κ2) is 4.58. The van der Waals surface area contributed by atoms with Gasteiger partial charge in [-0.3, -0.25) is 0 Å². The van der Waals surface area contributed by atoms with Gasteiger partial charge in [0.1, 0.15) is 0 Å². The molecule has 0 radical (unpaired) electrons. The van der Waals surface area contributed by atoms with E-state index in [-0.39, 0.29) is 4.47 Å². The molecule has 0 atom stereocenters. The minimum absolute atomic E-state index is 0.219. The highest BCUT2D eigenvalue weighted by atomic mass is 79.9. The van der Waals surface area contributed by atoms with Crippen LogP contribution in [0.5, 0.6) is 0 Å². The van der Waals surface area contributed by atoms with Crippen LogP contribution in [0.1, 0.15) is 24.3 Å². The van der Waals surface area contributed by atoms with Crippen molar-refractivity contribution in [2.24, 2.45) is 0 Å². The van der Waals surface area contributed by atoms with Gasteiger partial charge >= 0.3 is 0 Å². The molecule has 4 heteroatoms. The molecule has 0 unspecified atom stereocenters. The average molecular weight is 276 g/mol. The molecule has 0 amide bonds. The minimum atomic E-state index is -0.798. The maximum absolute atomic E-state index is 13.2. The maximum atomic E-state index is 13.2. The van der Waals surface area contributed by atoms with Crippen LogP contribution in [0.4, 0.5) is 8.78 Å². The van der Waals surface area contributed by atoms with Crippen molar-refractivity contribution in [1.82, 2.24) is 5.32 Å². The van der Waals surface area contributed by atoms with Crippen LogP contribution in [0, 0.1) is 11.6 Å². The third-order valence-corrected chi connectivity index (χ3v) is 3.39. The van der Waals surface area contributed by atoms with E-state index in [0.29, 0.717) is 5.92 Å². The molecular formula is C11H12BrF2N. The van der Waals surface area contributed by atoms with Crippen LogP contribution in [0.25, 0.3) is 0 Å². The monoisotopic (exact) mass is 275 g/mol. The summed E-state index contributed by atoms with van der Waals surface area (Å²) in [6.07, 6.45) is 1.97. The number of piperidine rings is 1. The van der Waals surface area contributed by atoms with Gasteiger partial charge in [0.05, 0.1) is 4.47 Å². The van der Waals surface area contributed by atoms with Crippen LogP contribution in [-0.4, -0.2) is 13.1 Å². The molecule has 1 N–H and O–H groups in total. The first-order valence-corrected chi connectivity index (χ1v) is 5.83. The molecule has 1 heterocycles. The zero-order valence-corrected chi connectivity index (χ0v) is 9.78. The van der Waals surface area contributed by atoms with E-state index in [1.165, 1.54) is 6.07 Å². The van der Waals surface area contributed by atoms with Crippen LogP contribution in [0.15, 0.2) is 16.6 Å². The van der Waals surface area contributed by atoms with E-state index < -0.39 is 11.6 Å².